The Morgan fingerprint density at radius 2 is 1.83 bits per heavy atom. The Balaban J connectivity index is 1.85. The molecule has 4 rings (SSSR count). The number of aryl methyl sites for hydroxylation is 2. The summed E-state index contributed by atoms with van der Waals surface area (Å²) in [5, 5.41) is 13.5. The molecule has 2 aromatic heterocycles. The minimum absolute atomic E-state index is 0.0821. The second-order valence-electron chi connectivity index (χ2n) is 8.18. The zero-order chi connectivity index (χ0) is 21.1. The van der Waals surface area contributed by atoms with Crippen LogP contribution in [0.3, 0.4) is 0 Å². The third-order valence-electron chi connectivity index (χ3n) is 6.10. The summed E-state index contributed by atoms with van der Waals surface area (Å²) in [5.74, 6) is 0.697. The molecule has 3 heterocycles. The highest BCUT2D eigenvalue weighted by atomic mass is 16.5. The Kier molecular flexibility index (Phi) is 6.24. The fourth-order valence-corrected chi connectivity index (χ4v) is 4.29. The summed E-state index contributed by atoms with van der Waals surface area (Å²) in [5.41, 5.74) is 3.85. The summed E-state index contributed by atoms with van der Waals surface area (Å²) in [4.78, 5) is 18.7. The van der Waals surface area contributed by atoms with E-state index in [4.69, 9.17) is 4.74 Å². The first-order valence-electron chi connectivity index (χ1n) is 10.7. The third-order valence-corrected chi connectivity index (χ3v) is 6.10. The minimum Gasteiger partial charge on any atom is -0.383 e. The number of hydrogen-bond acceptors (Lipinski definition) is 6. The summed E-state index contributed by atoms with van der Waals surface area (Å²) in [6, 6.07) is 5.91. The number of nitrogens with zero attached hydrogens (tertiary/aromatic N) is 5. The highest BCUT2D eigenvalue weighted by Crippen LogP contribution is 2.29. The summed E-state index contributed by atoms with van der Waals surface area (Å²) in [7, 11) is 1.66. The van der Waals surface area contributed by atoms with Crippen LogP contribution in [-0.4, -0.2) is 56.9 Å². The Hall–Kier alpha value is -2.58. The van der Waals surface area contributed by atoms with Gasteiger partial charge in [-0.25, -0.2) is 4.68 Å². The molecule has 3 aromatic rings. The Bertz CT molecular complexity index is 1070. The lowest BCUT2D eigenvalue weighted by molar-refractivity contribution is 0.175. The van der Waals surface area contributed by atoms with Gasteiger partial charge < -0.3 is 9.72 Å². The SMILES string of the molecule is COCCn1nnnc1[C@H](c1cc2cc(C)c(C)cc2[nH]c1=O)N1CCCCCC1. The van der Waals surface area contributed by atoms with Crippen LogP contribution in [0.5, 0.6) is 0 Å². The Morgan fingerprint density at radius 1 is 1.10 bits per heavy atom. The highest BCUT2D eigenvalue weighted by Gasteiger charge is 2.30. The molecule has 1 aliphatic heterocycles. The van der Waals surface area contributed by atoms with Gasteiger partial charge >= 0.3 is 0 Å². The maximum atomic E-state index is 13.2. The van der Waals surface area contributed by atoms with Crippen molar-refractivity contribution in [1.82, 2.24) is 30.1 Å². The normalized spacial score (nSPS) is 16.6. The number of aromatic amines is 1. The molecular weight excluding hydrogens is 380 g/mol. The zero-order valence-electron chi connectivity index (χ0n) is 18.0. The molecule has 1 atom stereocenters. The first kappa shape index (κ1) is 20.7. The topological polar surface area (TPSA) is 88.9 Å². The van der Waals surface area contributed by atoms with Gasteiger partial charge in [-0.1, -0.05) is 12.8 Å². The van der Waals surface area contributed by atoms with Gasteiger partial charge in [0.1, 0.15) is 6.04 Å². The van der Waals surface area contributed by atoms with Crippen LogP contribution < -0.4 is 5.56 Å². The van der Waals surface area contributed by atoms with Gasteiger partial charge in [0.25, 0.3) is 5.56 Å². The number of tetrazole rings is 1. The van der Waals surface area contributed by atoms with Crippen LogP contribution in [0.2, 0.25) is 0 Å². The summed E-state index contributed by atoms with van der Waals surface area (Å²) in [6.45, 7) is 7.06. The largest absolute Gasteiger partial charge is 0.383 e. The molecule has 1 N–H and O–H groups in total. The lowest BCUT2D eigenvalue weighted by atomic mass is 10.0. The molecule has 8 heteroatoms. The van der Waals surface area contributed by atoms with Gasteiger partial charge in [0, 0.05) is 18.2 Å². The molecule has 0 radical (unpaired) electrons. The number of pyridine rings is 1. The molecule has 0 bridgehead atoms. The number of fused-ring (bicyclic) bond motifs is 1. The number of nitrogens with one attached hydrogen (secondary N) is 1. The van der Waals surface area contributed by atoms with Crippen molar-refractivity contribution in [2.24, 2.45) is 0 Å². The molecule has 1 aliphatic rings. The predicted molar refractivity (Wildman–Crippen MR) is 116 cm³/mol. The average Bonchev–Trinajstić information content (AvgIpc) is 3.01. The summed E-state index contributed by atoms with van der Waals surface area (Å²) in [6.07, 6.45) is 4.65. The fraction of sp³-hybridized carbons (Fsp3) is 0.545. The van der Waals surface area contributed by atoms with E-state index in [-0.39, 0.29) is 11.6 Å². The van der Waals surface area contributed by atoms with Crippen molar-refractivity contribution in [3.05, 3.63) is 51.1 Å². The van der Waals surface area contributed by atoms with E-state index in [0.29, 0.717) is 24.5 Å². The van der Waals surface area contributed by atoms with E-state index in [0.717, 1.165) is 36.8 Å². The van der Waals surface area contributed by atoms with Crippen molar-refractivity contribution in [1.29, 1.82) is 0 Å². The monoisotopic (exact) mass is 410 g/mol. The molecule has 1 aromatic carbocycles. The van der Waals surface area contributed by atoms with Gasteiger partial charge in [0.2, 0.25) is 0 Å². The quantitative estimate of drug-likeness (QED) is 0.672. The summed E-state index contributed by atoms with van der Waals surface area (Å²) < 4.78 is 7.00. The number of aromatic nitrogens is 5. The number of rotatable bonds is 6. The van der Waals surface area contributed by atoms with E-state index in [1.807, 2.05) is 12.1 Å². The minimum atomic E-state index is -0.287. The maximum Gasteiger partial charge on any atom is 0.253 e. The first-order valence-corrected chi connectivity index (χ1v) is 10.7. The van der Waals surface area contributed by atoms with Crippen molar-refractivity contribution in [2.75, 3.05) is 26.8 Å². The van der Waals surface area contributed by atoms with Gasteiger partial charge in [0.15, 0.2) is 5.82 Å². The Labute approximate surface area is 176 Å². The number of ether oxygens (including phenoxy) is 1. The smallest absolute Gasteiger partial charge is 0.253 e. The van der Waals surface area contributed by atoms with Gasteiger partial charge in [-0.3, -0.25) is 9.69 Å². The van der Waals surface area contributed by atoms with Crippen molar-refractivity contribution in [3.63, 3.8) is 0 Å². The van der Waals surface area contributed by atoms with Crippen molar-refractivity contribution in [3.8, 4) is 0 Å². The van der Waals surface area contributed by atoms with Crippen LogP contribution in [0.15, 0.2) is 23.0 Å². The van der Waals surface area contributed by atoms with Crippen molar-refractivity contribution >= 4 is 10.9 Å². The van der Waals surface area contributed by atoms with Crippen molar-refractivity contribution < 1.29 is 4.74 Å². The third kappa shape index (κ3) is 4.15. The molecule has 1 fully saturated rings. The Morgan fingerprint density at radius 3 is 2.57 bits per heavy atom. The van der Waals surface area contributed by atoms with Crippen LogP contribution >= 0.6 is 0 Å². The number of benzene rings is 1. The first-order chi connectivity index (χ1) is 14.6. The standard InChI is InChI=1S/C22H30N6O2/c1-15-12-17-14-18(22(29)23-19(17)13-16(15)2)20(27-8-6-4-5-7-9-27)21-24-25-26-28(21)10-11-30-3/h12-14,20H,4-11H2,1-3H3,(H,23,29)/t20-/m0/s1. The zero-order valence-corrected chi connectivity index (χ0v) is 18.0. The van der Waals surface area contributed by atoms with Crippen LogP contribution in [0.1, 0.15) is 54.2 Å². The van der Waals surface area contributed by atoms with Crippen molar-refractivity contribution in [2.45, 2.75) is 52.1 Å². The average molecular weight is 411 g/mol. The fourth-order valence-electron chi connectivity index (χ4n) is 4.29. The molecule has 0 spiro atoms. The molecule has 0 aliphatic carbocycles. The van der Waals surface area contributed by atoms with E-state index < -0.39 is 0 Å². The number of methoxy groups -OCH3 is 1. The van der Waals surface area contributed by atoms with E-state index in [1.54, 1.807) is 11.8 Å². The van der Waals surface area contributed by atoms with Crippen LogP contribution in [0.25, 0.3) is 10.9 Å². The molecule has 0 saturated carbocycles. The van der Waals surface area contributed by atoms with E-state index in [2.05, 4.69) is 45.3 Å². The molecule has 30 heavy (non-hydrogen) atoms. The molecular formula is C22H30N6O2. The molecule has 0 unspecified atom stereocenters. The van der Waals surface area contributed by atoms with E-state index in [1.165, 1.54) is 24.0 Å². The maximum absolute atomic E-state index is 13.2. The van der Waals surface area contributed by atoms with E-state index >= 15 is 0 Å². The van der Waals surface area contributed by atoms with Gasteiger partial charge in [-0.2, -0.15) is 0 Å². The second kappa shape index (κ2) is 9.06. The molecule has 160 valence electrons. The number of hydrogen-bond donors (Lipinski definition) is 1. The number of H-pyrrole nitrogens is 1. The van der Waals surface area contributed by atoms with Crippen LogP contribution in [-0.2, 0) is 11.3 Å². The molecule has 1 saturated heterocycles. The van der Waals surface area contributed by atoms with Crippen LogP contribution in [0, 0.1) is 13.8 Å². The van der Waals surface area contributed by atoms with Gasteiger partial charge in [-0.05, 0) is 84.9 Å². The van der Waals surface area contributed by atoms with Gasteiger partial charge in [0.05, 0.1) is 13.2 Å². The predicted octanol–water partition coefficient (Wildman–Crippen LogP) is 2.74. The van der Waals surface area contributed by atoms with Crippen LogP contribution in [0.4, 0.5) is 0 Å². The lowest BCUT2D eigenvalue weighted by Gasteiger charge is -2.29. The highest BCUT2D eigenvalue weighted by molar-refractivity contribution is 5.81. The number of likely N-dealkylation sites (tertiary alicyclic amines) is 1. The molecule has 0 amide bonds. The van der Waals surface area contributed by atoms with E-state index in [9.17, 15) is 4.79 Å². The lowest BCUT2D eigenvalue weighted by Crippen LogP contribution is -2.36. The van der Waals surface area contributed by atoms with Gasteiger partial charge in [-0.15, -0.1) is 5.10 Å². The summed E-state index contributed by atoms with van der Waals surface area (Å²) >= 11 is 0. The molecule has 8 nitrogen and oxygen atoms in total. The second-order valence-corrected chi connectivity index (χ2v) is 8.18.